The third-order valence-electron chi connectivity index (χ3n) is 4.54. The predicted octanol–water partition coefficient (Wildman–Crippen LogP) is 2.12. The van der Waals surface area contributed by atoms with Crippen LogP contribution in [0.3, 0.4) is 0 Å². The lowest BCUT2D eigenvalue weighted by atomic mass is 10.1. The third-order valence-corrected chi connectivity index (χ3v) is 6.51. The molecule has 4 heterocycles. The van der Waals surface area contributed by atoms with E-state index in [0.29, 0.717) is 17.9 Å². The van der Waals surface area contributed by atoms with E-state index in [1.54, 1.807) is 0 Å². The standard InChI is InChI=1S/C16H27N5O4Si2/c1-26(2,3)24-8-7-9-21-13-10(15(22)20-16(17)19-13)18-14(21)12(11(8)23-9)25-27(4,5)6/h8-9,11-12H,7H2,1-6H3,(H3,17,19,20,22)/t8-,9-,11+,12?/m1/s1. The normalized spacial score (nSPS) is 27.9. The van der Waals surface area contributed by atoms with Crippen LogP contribution in [0.4, 0.5) is 5.95 Å². The number of H-pyrrole nitrogens is 1. The molecule has 2 aliphatic heterocycles. The fourth-order valence-corrected chi connectivity index (χ4v) is 5.95. The Morgan fingerprint density at radius 2 is 1.81 bits per heavy atom. The van der Waals surface area contributed by atoms with Crippen molar-refractivity contribution < 1.29 is 13.6 Å². The maximum atomic E-state index is 12.3. The van der Waals surface area contributed by atoms with Gasteiger partial charge in [0.2, 0.25) is 5.95 Å². The van der Waals surface area contributed by atoms with E-state index >= 15 is 0 Å². The molecule has 0 amide bonds. The molecular weight excluding hydrogens is 382 g/mol. The van der Waals surface area contributed by atoms with Crippen molar-refractivity contribution in [1.29, 1.82) is 0 Å². The average Bonchev–Trinajstić information content (AvgIpc) is 3.01. The summed E-state index contributed by atoms with van der Waals surface area (Å²) >= 11 is 0. The highest BCUT2D eigenvalue weighted by molar-refractivity contribution is 6.70. The molecule has 0 aliphatic carbocycles. The van der Waals surface area contributed by atoms with Gasteiger partial charge >= 0.3 is 0 Å². The predicted molar refractivity (Wildman–Crippen MR) is 106 cm³/mol. The van der Waals surface area contributed by atoms with Gasteiger partial charge in [-0.1, -0.05) is 0 Å². The topological polar surface area (TPSA) is 117 Å². The highest BCUT2D eigenvalue weighted by atomic mass is 28.4. The number of aromatic amines is 1. The second-order valence-corrected chi connectivity index (χ2v) is 18.1. The van der Waals surface area contributed by atoms with E-state index in [0.717, 1.165) is 0 Å². The Labute approximate surface area is 159 Å². The smallest absolute Gasteiger partial charge is 0.280 e. The molecule has 11 heteroatoms. The maximum absolute atomic E-state index is 12.3. The molecule has 0 radical (unpaired) electrons. The number of nitrogens with zero attached hydrogens (tertiary/aromatic N) is 3. The van der Waals surface area contributed by atoms with Gasteiger partial charge in [-0.3, -0.25) is 14.3 Å². The fraction of sp³-hybridized carbons (Fsp3) is 0.688. The van der Waals surface area contributed by atoms with Gasteiger partial charge in [-0.15, -0.1) is 0 Å². The monoisotopic (exact) mass is 409 g/mol. The van der Waals surface area contributed by atoms with Crippen molar-refractivity contribution in [3.05, 3.63) is 16.2 Å². The molecule has 148 valence electrons. The van der Waals surface area contributed by atoms with Crippen LogP contribution in [0.1, 0.15) is 24.6 Å². The molecule has 0 spiro atoms. The van der Waals surface area contributed by atoms with Gasteiger partial charge in [0, 0.05) is 6.42 Å². The molecule has 27 heavy (non-hydrogen) atoms. The zero-order chi connectivity index (χ0) is 19.7. The first-order valence-electron chi connectivity index (χ1n) is 9.22. The summed E-state index contributed by atoms with van der Waals surface area (Å²) in [6.45, 7) is 12.9. The number of hydrogen-bond donors (Lipinski definition) is 2. The van der Waals surface area contributed by atoms with Crippen LogP contribution in [-0.4, -0.2) is 48.4 Å². The Bertz CT molecular complexity index is 945. The second kappa shape index (κ2) is 5.98. The van der Waals surface area contributed by atoms with Gasteiger partial charge in [0.1, 0.15) is 24.3 Å². The minimum absolute atomic E-state index is 0.0629. The lowest BCUT2D eigenvalue weighted by Crippen LogP contribution is -2.43. The molecule has 2 aliphatic rings. The van der Waals surface area contributed by atoms with Crippen LogP contribution >= 0.6 is 0 Å². The molecule has 0 saturated carbocycles. The Hall–Kier alpha value is -1.54. The molecular formula is C16H27N5O4Si2. The largest absolute Gasteiger partial charge is 0.412 e. The number of fused-ring (bicyclic) bond motifs is 6. The summed E-state index contributed by atoms with van der Waals surface area (Å²) in [7, 11) is -3.69. The Morgan fingerprint density at radius 3 is 2.44 bits per heavy atom. The summed E-state index contributed by atoms with van der Waals surface area (Å²) in [5.74, 6) is 0.742. The van der Waals surface area contributed by atoms with Crippen molar-refractivity contribution >= 4 is 33.7 Å². The highest BCUT2D eigenvalue weighted by Gasteiger charge is 2.52. The summed E-state index contributed by atoms with van der Waals surface area (Å²) in [5, 5.41) is 0. The SMILES string of the molecule is C[Si](C)(C)OC1c2nc3c(=O)[nH]c(N)nc3n2[C@H]2C[C@@H](O[Si](C)(C)C)[C@@H]1O2. The van der Waals surface area contributed by atoms with Crippen LogP contribution in [0.2, 0.25) is 39.3 Å². The zero-order valence-corrected chi connectivity index (χ0v) is 18.6. The summed E-state index contributed by atoms with van der Waals surface area (Å²) < 4.78 is 21.1. The third kappa shape index (κ3) is 3.38. The number of anilines is 1. The number of nitrogens with one attached hydrogen (secondary N) is 1. The molecule has 3 N–H and O–H groups in total. The van der Waals surface area contributed by atoms with Gasteiger partial charge in [-0.05, 0) is 39.3 Å². The Morgan fingerprint density at radius 1 is 1.15 bits per heavy atom. The fourth-order valence-electron chi connectivity index (χ4n) is 3.81. The molecule has 2 bridgehead atoms. The first-order valence-corrected chi connectivity index (χ1v) is 16.0. The van der Waals surface area contributed by atoms with Crippen molar-refractivity contribution in [2.75, 3.05) is 5.73 Å². The minimum atomic E-state index is -1.92. The van der Waals surface area contributed by atoms with Gasteiger partial charge < -0.3 is 19.3 Å². The molecule has 1 fully saturated rings. The minimum Gasteiger partial charge on any atom is -0.412 e. The lowest BCUT2D eigenvalue weighted by Gasteiger charge is -2.36. The number of rotatable bonds is 4. The first-order chi connectivity index (χ1) is 12.4. The number of aromatic nitrogens is 4. The van der Waals surface area contributed by atoms with Gasteiger partial charge in [0.15, 0.2) is 27.8 Å². The Kier molecular flexibility index (Phi) is 4.17. The summed E-state index contributed by atoms with van der Waals surface area (Å²) in [6.07, 6.45) is -0.320. The van der Waals surface area contributed by atoms with Crippen LogP contribution in [0.5, 0.6) is 0 Å². The van der Waals surface area contributed by atoms with Crippen LogP contribution < -0.4 is 11.3 Å². The van der Waals surface area contributed by atoms with Crippen LogP contribution in [0, 0.1) is 0 Å². The van der Waals surface area contributed by atoms with Crippen molar-refractivity contribution in [2.24, 2.45) is 0 Å². The van der Waals surface area contributed by atoms with E-state index in [-0.39, 0.29) is 35.5 Å². The molecule has 4 rings (SSSR count). The first kappa shape index (κ1) is 18.8. The molecule has 9 nitrogen and oxygen atoms in total. The van der Waals surface area contributed by atoms with E-state index in [1.165, 1.54) is 0 Å². The van der Waals surface area contributed by atoms with E-state index in [4.69, 9.17) is 19.3 Å². The van der Waals surface area contributed by atoms with E-state index in [2.05, 4.69) is 54.2 Å². The van der Waals surface area contributed by atoms with Crippen molar-refractivity contribution in [2.45, 2.75) is 70.2 Å². The highest BCUT2D eigenvalue weighted by Crippen LogP contribution is 2.47. The quantitative estimate of drug-likeness (QED) is 0.743. The van der Waals surface area contributed by atoms with E-state index in [1.807, 2.05) is 4.57 Å². The lowest BCUT2D eigenvalue weighted by molar-refractivity contribution is -0.102. The number of nitrogens with two attached hydrogens (primary N) is 1. The molecule has 2 aromatic heterocycles. The second-order valence-electron chi connectivity index (χ2n) is 9.17. The molecule has 1 saturated heterocycles. The van der Waals surface area contributed by atoms with E-state index < -0.39 is 22.7 Å². The average molecular weight is 410 g/mol. The molecule has 2 aromatic rings. The molecule has 0 aromatic carbocycles. The van der Waals surface area contributed by atoms with Gasteiger partial charge in [0.25, 0.3) is 5.56 Å². The number of nitrogen functional groups attached to an aromatic ring is 1. The molecule has 1 unspecified atom stereocenters. The van der Waals surface area contributed by atoms with Gasteiger partial charge in [-0.2, -0.15) is 4.98 Å². The van der Waals surface area contributed by atoms with Crippen molar-refractivity contribution in [3.8, 4) is 0 Å². The van der Waals surface area contributed by atoms with Gasteiger partial charge in [-0.25, -0.2) is 4.98 Å². The van der Waals surface area contributed by atoms with Crippen LogP contribution in [0.25, 0.3) is 11.2 Å². The zero-order valence-electron chi connectivity index (χ0n) is 16.6. The molecule has 4 atom stereocenters. The number of ether oxygens (including phenoxy) is 1. The van der Waals surface area contributed by atoms with E-state index in [9.17, 15) is 4.79 Å². The van der Waals surface area contributed by atoms with Crippen LogP contribution in [0.15, 0.2) is 4.79 Å². The summed E-state index contributed by atoms with van der Waals surface area (Å²) in [5.41, 5.74) is 6.12. The summed E-state index contributed by atoms with van der Waals surface area (Å²) in [6, 6.07) is 0. The summed E-state index contributed by atoms with van der Waals surface area (Å²) in [4.78, 5) is 23.8. The van der Waals surface area contributed by atoms with Crippen molar-refractivity contribution in [1.82, 2.24) is 19.5 Å². The number of hydrogen-bond acceptors (Lipinski definition) is 7. The van der Waals surface area contributed by atoms with Gasteiger partial charge in [0.05, 0.1) is 6.10 Å². The van der Waals surface area contributed by atoms with Crippen LogP contribution in [-0.2, 0) is 13.6 Å². The number of imidazole rings is 1. The Balaban J connectivity index is 1.86. The van der Waals surface area contributed by atoms with Crippen molar-refractivity contribution in [3.63, 3.8) is 0 Å². The maximum Gasteiger partial charge on any atom is 0.280 e.